The first-order valence-electron chi connectivity index (χ1n) is 4.85. The Bertz CT molecular complexity index is 103. The SMILES string of the molecule is CCCN1CCOC(CNC)C1. The molecule has 72 valence electrons. The van der Waals surface area contributed by atoms with Gasteiger partial charge in [0.25, 0.3) is 0 Å². The summed E-state index contributed by atoms with van der Waals surface area (Å²) in [4.78, 5) is 2.48. The first kappa shape index (κ1) is 9.96. The molecule has 0 aliphatic carbocycles. The Labute approximate surface area is 75.1 Å². The van der Waals surface area contributed by atoms with Gasteiger partial charge in [-0.05, 0) is 20.0 Å². The van der Waals surface area contributed by atoms with Crippen molar-refractivity contribution in [2.75, 3.05) is 39.8 Å². The van der Waals surface area contributed by atoms with E-state index < -0.39 is 0 Å². The van der Waals surface area contributed by atoms with E-state index in [0.717, 1.165) is 26.2 Å². The van der Waals surface area contributed by atoms with Crippen LogP contribution in [0.5, 0.6) is 0 Å². The van der Waals surface area contributed by atoms with E-state index >= 15 is 0 Å². The molecule has 0 radical (unpaired) electrons. The van der Waals surface area contributed by atoms with Crippen LogP contribution >= 0.6 is 0 Å². The molecule has 12 heavy (non-hydrogen) atoms. The molecule has 0 bridgehead atoms. The Morgan fingerprint density at radius 3 is 3.08 bits per heavy atom. The highest BCUT2D eigenvalue weighted by Crippen LogP contribution is 2.04. The largest absolute Gasteiger partial charge is 0.374 e. The zero-order valence-electron chi connectivity index (χ0n) is 8.18. The highest BCUT2D eigenvalue weighted by atomic mass is 16.5. The summed E-state index contributed by atoms with van der Waals surface area (Å²) in [6, 6.07) is 0. The van der Waals surface area contributed by atoms with Crippen molar-refractivity contribution in [2.45, 2.75) is 19.4 Å². The maximum Gasteiger partial charge on any atom is 0.0826 e. The molecule has 1 unspecified atom stereocenters. The highest BCUT2D eigenvalue weighted by Gasteiger charge is 2.18. The lowest BCUT2D eigenvalue weighted by Crippen LogP contribution is -2.46. The lowest BCUT2D eigenvalue weighted by Gasteiger charge is -2.32. The van der Waals surface area contributed by atoms with Gasteiger partial charge in [-0.1, -0.05) is 6.92 Å². The number of hydrogen-bond donors (Lipinski definition) is 1. The van der Waals surface area contributed by atoms with E-state index in [9.17, 15) is 0 Å². The zero-order valence-corrected chi connectivity index (χ0v) is 8.18. The van der Waals surface area contributed by atoms with Crippen LogP contribution in [0, 0.1) is 0 Å². The molecule has 1 aliphatic heterocycles. The number of ether oxygens (including phenoxy) is 1. The van der Waals surface area contributed by atoms with Crippen LogP contribution in [0.3, 0.4) is 0 Å². The van der Waals surface area contributed by atoms with Crippen LogP contribution in [0.25, 0.3) is 0 Å². The summed E-state index contributed by atoms with van der Waals surface area (Å²) in [6.45, 7) is 7.50. The number of rotatable bonds is 4. The second-order valence-corrected chi connectivity index (χ2v) is 3.35. The third-order valence-corrected chi connectivity index (χ3v) is 2.19. The fourth-order valence-electron chi connectivity index (χ4n) is 1.65. The predicted octanol–water partition coefficient (Wildman–Crippen LogP) is 0.317. The van der Waals surface area contributed by atoms with Crippen LogP contribution in [-0.4, -0.2) is 50.8 Å². The molecule has 1 fully saturated rings. The van der Waals surface area contributed by atoms with E-state index in [1.807, 2.05) is 7.05 Å². The summed E-state index contributed by atoms with van der Waals surface area (Å²) in [5, 5.41) is 3.15. The molecule has 0 aromatic heterocycles. The molecule has 0 spiro atoms. The lowest BCUT2D eigenvalue weighted by atomic mass is 10.2. The van der Waals surface area contributed by atoms with Gasteiger partial charge in [0.2, 0.25) is 0 Å². The molecule has 1 aliphatic rings. The summed E-state index contributed by atoms with van der Waals surface area (Å²) in [6.07, 6.45) is 1.64. The Kier molecular flexibility index (Phi) is 4.58. The normalized spacial score (nSPS) is 26.0. The van der Waals surface area contributed by atoms with Crippen molar-refractivity contribution in [2.24, 2.45) is 0 Å². The van der Waals surface area contributed by atoms with Gasteiger partial charge in [0.15, 0.2) is 0 Å². The predicted molar refractivity (Wildman–Crippen MR) is 50.4 cm³/mol. The van der Waals surface area contributed by atoms with E-state index in [2.05, 4.69) is 17.1 Å². The van der Waals surface area contributed by atoms with Crippen molar-refractivity contribution in [3.05, 3.63) is 0 Å². The topological polar surface area (TPSA) is 24.5 Å². The highest BCUT2D eigenvalue weighted by molar-refractivity contribution is 4.72. The first-order chi connectivity index (χ1) is 5.86. The van der Waals surface area contributed by atoms with Crippen LogP contribution < -0.4 is 5.32 Å². The van der Waals surface area contributed by atoms with E-state index in [4.69, 9.17) is 4.74 Å². The molecule has 0 saturated carbocycles. The number of morpholine rings is 1. The first-order valence-corrected chi connectivity index (χ1v) is 4.85. The van der Waals surface area contributed by atoms with Gasteiger partial charge in [-0.25, -0.2) is 0 Å². The number of nitrogens with zero attached hydrogens (tertiary/aromatic N) is 1. The maximum atomic E-state index is 5.59. The van der Waals surface area contributed by atoms with E-state index in [1.54, 1.807) is 0 Å². The molecule has 3 nitrogen and oxygen atoms in total. The second kappa shape index (κ2) is 5.51. The Morgan fingerprint density at radius 2 is 2.42 bits per heavy atom. The van der Waals surface area contributed by atoms with Crippen molar-refractivity contribution in [1.82, 2.24) is 10.2 Å². The number of hydrogen-bond acceptors (Lipinski definition) is 3. The van der Waals surface area contributed by atoms with Crippen LogP contribution in [0.1, 0.15) is 13.3 Å². The van der Waals surface area contributed by atoms with Crippen molar-refractivity contribution in [1.29, 1.82) is 0 Å². The standard InChI is InChI=1S/C9H20N2O/c1-3-4-11-5-6-12-9(8-11)7-10-2/h9-10H,3-8H2,1-2H3. The van der Waals surface area contributed by atoms with E-state index in [-0.39, 0.29) is 0 Å². The van der Waals surface area contributed by atoms with Crippen LogP contribution in [0.15, 0.2) is 0 Å². The molecule has 1 saturated heterocycles. The average Bonchev–Trinajstić information content (AvgIpc) is 2.06. The van der Waals surface area contributed by atoms with Gasteiger partial charge in [0, 0.05) is 19.6 Å². The summed E-state index contributed by atoms with van der Waals surface area (Å²) in [5.41, 5.74) is 0. The van der Waals surface area contributed by atoms with Gasteiger partial charge in [0.1, 0.15) is 0 Å². The molecule has 3 heteroatoms. The molecule has 1 heterocycles. The lowest BCUT2D eigenvalue weighted by molar-refractivity contribution is -0.0261. The molecule has 1 atom stereocenters. The number of likely N-dealkylation sites (N-methyl/N-ethyl adjacent to an activating group) is 1. The molecule has 1 rings (SSSR count). The Morgan fingerprint density at radius 1 is 1.58 bits per heavy atom. The van der Waals surface area contributed by atoms with E-state index in [1.165, 1.54) is 13.0 Å². The Balaban J connectivity index is 2.20. The van der Waals surface area contributed by atoms with Gasteiger partial charge < -0.3 is 10.1 Å². The molecular formula is C9H20N2O. The minimum atomic E-state index is 0.398. The maximum absolute atomic E-state index is 5.59. The van der Waals surface area contributed by atoms with Gasteiger partial charge in [-0.3, -0.25) is 4.90 Å². The summed E-state index contributed by atoms with van der Waals surface area (Å²) in [7, 11) is 1.97. The van der Waals surface area contributed by atoms with E-state index in [0.29, 0.717) is 6.10 Å². The third-order valence-electron chi connectivity index (χ3n) is 2.19. The van der Waals surface area contributed by atoms with Gasteiger partial charge >= 0.3 is 0 Å². The molecule has 0 amide bonds. The minimum Gasteiger partial charge on any atom is -0.374 e. The summed E-state index contributed by atoms with van der Waals surface area (Å²) in [5.74, 6) is 0. The minimum absolute atomic E-state index is 0.398. The van der Waals surface area contributed by atoms with Gasteiger partial charge in [0.05, 0.1) is 12.7 Å². The van der Waals surface area contributed by atoms with Crippen molar-refractivity contribution >= 4 is 0 Å². The van der Waals surface area contributed by atoms with Gasteiger partial charge in [-0.15, -0.1) is 0 Å². The summed E-state index contributed by atoms with van der Waals surface area (Å²) >= 11 is 0. The molecule has 0 aromatic carbocycles. The quantitative estimate of drug-likeness (QED) is 0.661. The van der Waals surface area contributed by atoms with Crippen molar-refractivity contribution < 1.29 is 4.74 Å². The number of nitrogens with one attached hydrogen (secondary N) is 1. The average molecular weight is 172 g/mol. The molecular weight excluding hydrogens is 152 g/mol. The van der Waals surface area contributed by atoms with Crippen molar-refractivity contribution in [3.8, 4) is 0 Å². The zero-order chi connectivity index (χ0) is 8.81. The molecule has 1 N–H and O–H groups in total. The van der Waals surface area contributed by atoms with Crippen LogP contribution in [0.2, 0.25) is 0 Å². The molecule has 0 aromatic rings. The van der Waals surface area contributed by atoms with Gasteiger partial charge in [-0.2, -0.15) is 0 Å². The fourth-order valence-corrected chi connectivity index (χ4v) is 1.65. The Hall–Kier alpha value is -0.120. The third kappa shape index (κ3) is 3.09. The van der Waals surface area contributed by atoms with Crippen LogP contribution in [0.4, 0.5) is 0 Å². The monoisotopic (exact) mass is 172 g/mol. The smallest absolute Gasteiger partial charge is 0.0826 e. The van der Waals surface area contributed by atoms with Crippen LogP contribution in [-0.2, 0) is 4.74 Å². The fraction of sp³-hybridized carbons (Fsp3) is 1.00. The second-order valence-electron chi connectivity index (χ2n) is 3.35. The summed E-state index contributed by atoms with van der Waals surface area (Å²) < 4.78 is 5.59. The van der Waals surface area contributed by atoms with Crippen molar-refractivity contribution in [3.63, 3.8) is 0 Å².